The molecular formula is C25H30FNO4. The zero-order chi connectivity index (χ0) is 21.8. The van der Waals surface area contributed by atoms with Gasteiger partial charge in [-0.25, -0.2) is 4.39 Å². The lowest BCUT2D eigenvalue weighted by molar-refractivity contribution is -0.151. The van der Waals surface area contributed by atoms with Gasteiger partial charge in [0.15, 0.2) is 0 Å². The van der Waals surface area contributed by atoms with Gasteiger partial charge < -0.3 is 19.5 Å². The Bertz CT molecular complexity index is 925. The first kappa shape index (κ1) is 21.8. The molecule has 2 heterocycles. The number of piperidine rings is 1. The van der Waals surface area contributed by atoms with Crippen molar-refractivity contribution in [2.45, 2.75) is 38.2 Å². The number of rotatable bonds is 5. The highest BCUT2D eigenvalue weighted by Gasteiger charge is 2.43. The minimum atomic E-state index is -0.542. The average Bonchev–Trinajstić information content (AvgIpc) is 2.79. The minimum absolute atomic E-state index is 0.114. The highest BCUT2D eigenvalue weighted by atomic mass is 19.1. The highest BCUT2D eigenvalue weighted by molar-refractivity contribution is 5.83. The molecule has 0 aromatic heterocycles. The maximum absolute atomic E-state index is 13.9. The Hall–Kier alpha value is -2.44. The zero-order valence-corrected chi connectivity index (χ0v) is 18.0. The SMILES string of the molecule is COc1ccc(F)cc1-c1cccc(CC2(C(=O)N3CCC[C@H](O)C3)CCOCC2)c1. The van der Waals surface area contributed by atoms with E-state index in [0.717, 1.165) is 24.0 Å². The van der Waals surface area contributed by atoms with Gasteiger partial charge >= 0.3 is 0 Å². The quantitative estimate of drug-likeness (QED) is 0.788. The van der Waals surface area contributed by atoms with Gasteiger partial charge in [0.05, 0.1) is 18.6 Å². The molecule has 0 aliphatic carbocycles. The summed E-state index contributed by atoms with van der Waals surface area (Å²) in [6.07, 6.45) is 3.04. The van der Waals surface area contributed by atoms with Crippen LogP contribution in [0.1, 0.15) is 31.2 Å². The first-order valence-corrected chi connectivity index (χ1v) is 11.0. The molecule has 2 aromatic rings. The molecule has 0 saturated carbocycles. The molecule has 0 radical (unpaired) electrons. The summed E-state index contributed by atoms with van der Waals surface area (Å²) in [5, 5.41) is 10.1. The Balaban J connectivity index is 1.63. The number of ether oxygens (including phenoxy) is 2. The third-order valence-corrected chi connectivity index (χ3v) is 6.53. The normalized spacial score (nSPS) is 21.0. The number of carbonyl (C=O) groups is 1. The lowest BCUT2D eigenvalue weighted by Gasteiger charge is -2.42. The molecule has 0 spiro atoms. The number of hydrogen-bond acceptors (Lipinski definition) is 4. The monoisotopic (exact) mass is 427 g/mol. The van der Waals surface area contributed by atoms with E-state index in [0.29, 0.717) is 56.9 Å². The van der Waals surface area contributed by atoms with Crippen LogP contribution < -0.4 is 4.74 Å². The predicted molar refractivity (Wildman–Crippen MR) is 116 cm³/mol. The van der Waals surface area contributed by atoms with Crippen molar-refractivity contribution in [2.75, 3.05) is 33.4 Å². The van der Waals surface area contributed by atoms with Crippen LogP contribution in [0.2, 0.25) is 0 Å². The van der Waals surface area contributed by atoms with Crippen molar-refractivity contribution < 1.29 is 23.8 Å². The van der Waals surface area contributed by atoms with E-state index in [2.05, 4.69) is 0 Å². The molecular weight excluding hydrogens is 397 g/mol. The molecule has 2 fully saturated rings. The van der Waals surface area contributed by atoms with Gasteiger partial charge in [0, 0.05) is 31.9 Å². The minimum Gasteiger partial charge on any atom is -0.496 e. The number of carbonyl (C=O) groups excluding carboxylic acids is 1. The van der Waals surface area contributed by atoms with Crippen molar-refractivity contribution in [2.24, 2.45) is 5.41 Å². The molecule has 1 amide bonds. The smallest absolute Gasteiger partial charge is 0.229 e. The number of methoxy groups -OCH3 is 1. The van der Waals surface area contributed by atoms with Crippen LogP contribution in [-0.4, -0.2) is 55.4 Å². The second kappa shape index (κ2) is 9.37. The summed E-state index contributed by atoms with van der Waals surface area (Å²) in [6.45, 7) is 2.21. The van der Waals surface area contributed by atoms with E-state index in [1.807, 2.05) is 29.2 Å². The summed E-state index contributed by atoms with van der Waals surface area (Å²) in [5.41, 5.74) is 2.03. The van der Waals surface area contributed by atoms with E-state index in [4.69, 9.17) is 9.47 Å². The average molecular weight is 428 g/mol. The van der Waals surface area contributed by atoms with Crippen LogP contribution in [0.5, 0.6) is 5.75 Å². The molecule has 4 rings (SSSR count). The first-order valence-electron chi connectivity index (χ1n) is 11.0. The molecule has 2 aliphatic rings. The van der Waals surface area contributed by atoms with Crippen LogP contribution >= 0.6 is 0 Å². The van der Waals surface area contributed by atoms with Gasteiger partial charge in [-0.05, 0) is 61.4 Å². The van der Waals surface area contributed by atoms with E-state index in [-0.39, 0.29) is 11.7 Å². The topological polar surface area (TPSA) is 59.0 Å². The van der Waals surface area contributed by atoms with E-state index >= 15 is 0 Å². The van der Waals surface area contributed by atoms with Crippen molar-refractivity contribution in [3.63, 3.8) is 0 Å². The van der Waals surface area contributed by atoms with Crippen LogP contribution in [-0.2, 0) is 16.0 Å². The molecule has 1 atom stereocenters. The Labute approximate surface area is 182 Å². The molecule has 31 heavy (non-hydrogen) atoms. The second-order valence-corrected chi connectivity index (χ2v) is 8.66. The Morgan fingerprint density at radius 2 is 2.06 bits per heavy atom. The summed E-state index contributed by atoms with van der Waals surface area (Å²) >= 11 is 0. The van der Waals surface area contributed by atoms with E-state index < -0.39 is 11.5 Å². The van der Waals surface area contributed by atoms with E-state index in [9.17, 15) is 14.3 Å². The number of hydrogen-bond donors (Lipinski definition) is 1. The molecule has 2 saturated heterocycles. The molecule has 0 unspecified atom stereocenters. The van der Waals surface area contributed by atoms with Gasteiger partial charge in [-0.15, -0.1) is 0 Å². The Morgan fingerprint density at radius 1 is 1.26 bits per heavy atom. The standard InChI is InChI=1S/C25H30FNO4/c1-30-23-8-7-20(26)15-22(23)19-5-2-4-18(14-19)16-25(9-12-31-13-10-25)24(29)27-11-3-6-21(28)17-27/h2,4-5,7-8,14-15,21,28H,3,6,9-13,16-17H2,1H3/t21-/m0/s1. The second-order valence-electron chi connectivity index (χ2n) is 8.66. The third-order valence-electron chi connectivity index (χ3n) is 6.53. The fourth-order valence-electron chi connectivity index (χ4n) is 4.85. The van der Waals surface area contributed by atoms with Crippen LogP contribution in [0.3, 0.4) is 0 Å². The number of aliphatic hydroxyl groups is 1. The fraction of sp³-hybridized carbons (Fsp3) is 0.480. The van der Waals surface area contributed by atoms with Gasteiger partial charge in [-0.1, -0.05) is 24.3 Å². The van der Waals surface area contributed by atoms with Gasteiger partial charge in [-0.2, -0.15) is 0 Å². The highest BCUT2D eigenvalue weighted by Crippen LogP contribution is 2.39. The van der Waals surface area contributed by atoms with Crippen LogP contribution in [0.4, 0.5) is 4.39 Å². The number of likely N-dealkylation sites (tertiary alicyclic amines) is 1. The summed E-state index contributed by atoms with van der Waals surface area (Å²) in [7, 11) is 1.57. The predicted octanol–water partition coefficient (Wildman–Crippen LogP) is 3.82. The van der Waals surface area contributed by atoms with Gasteiger partial charge in [0.1, 0.15) is 11.6 Å². The molecule has 0 bridgehead atoms. The first-order chi connectivity index (χ1) is 15.0. The van der Waals surface area contributed by atoms with Crippen molar-refractivity contribution in [1.82, 2.24) is 4.90 Å². The summed E-state index contributed by atoms with van der Waals surface area (Å²) in [4.78, 5) is 15.4. The Morgan fingerprint density at radius 3 is 2.81 bits per heavy atom. The van der Waals surface area contributed by atoms with Crippen molar-refractivity contribution >= 4 is 5.91 Å². The van der Waals surface area contributed by atoms with Crippen molar-refractivity contribution in [3.8, 4) is 16.9 Å². The summed E-state index contributed by atoms with van der Waals surface area (Å²) in [6, 6.07) is 12.4. The van der Waals surface area contributed by atoms with E-state index in [1.165, 1.54) is 12.1 Å². The summed E-state index contributed by atoms with van der Waals surface area (Å²) in [5.74, 6) is 0.405. The largest absolute Gasteiger partial charge is 0.496 e. The maximum atomic E-state index is 13.9. The number of benzene rings is 2. The van der Waals surface area contributed by atoms with Crippen LogP contribution in [0, 0.1) is 11.2 Å². The van der Waals surface area contributed by atoms with Crippen molar-refractivity contribution in [3.05, 3.63) is 53.8 Å². The molecule has 166 valence electrons. The third kappa shape index (κ3) is 4.75. The summed E-state index contributed by atoms with van der Waals surface area (Å²) < 4.78 is 24.9. The lowest BCUT2D eigenvalue weighted by atomic mass is 9.73. The zero-order valence-electron chi connectivity index (χ0n) is 18.0. The van der Waals surface area contributed by atoms with Gasteiger partial charge in [0.2, 0.25) is 5.91 Å². The Kier molecular flexibility index (Phi) is 6.58. The fourth-order valence-corrected chi connectivity index (χ4v) is 4.85. The van der Waals surface area contributed by atoms with Crippen molar-refractivity contribution in [1.29, 1.82) is 0 Å². The lowest BCUT2D eigenvalue weighted by Crippen LogP contribution is -2.52. The molecule has 2 aromatic carbocycles. The van der Waals surface area contributed by atoms with Crippen LogP contribution in [0.15, 0.2) is 42.5 Å². The number of halogens is 1. The van der Waals surface area contributed by atoms with Gasteiger partial charge in [-0.3, -0.25) is 4.79 Å². The number of aliphatic hydroxyl groups excluding tert-OH is 1. The van der Waals surface area contributed by atoms with Crippen LogP contribution in [0.25, 0.3) is 11.1 Å². The molecule has 2 aliphatic heterocycles. The molecule has 1 N–H and O–H groups in total. The van der Waals surface area contributed by atoms with Gasteiger partial charge in [0.25, 0.3) is 0 Å². The number of β-amino-alcohol motifs (C(OH)–C–C–N with tert-alkyl or cyclic N) is 1. The van der Waals surface area contributed by atoms with E-state index in [1.54, 1.807) is 13.2 Å². The number of amides is 1. The molecule has 5 nitrogen and oxygen atoms in total. The molecule has 6 heteroatoms. The number of nitrogens with zero attached hydrogens (tertiary/aromatic N) is 1. The maximum Gasteiger partial charge on any atom is 0.229 e.